The third-order valence-electron chi connectivity index (χ3n) is 3.30. The summed E-state index contributed by atoms with van der Waals surface area (Å²) in [6.07, 6.45) is 4.00. The maximum Gasteiger partial charge on any atom is 0.137 e. The average molecular weight is 315 g/mol. The summed E-state index contributed by atoms with van der Waals surface area (Å²) >= 11 is 3.59. The molecule has 0 atom stereocenters. The lowest BCUT2D eigenvalue weighted by Crippen LogP contribution is -1.93. The Hall–Kier alpha value is -1.61. The van der Waals surface area contributed by atoms with Crippen LogP contribution in [0.2, 0.25) is 0 Å². The van der Waals surface area contributed by atoms with E-state index < -0.39 is 0 Å². The largest absolute Gasteiger partial charge is 0.344 e. The van der Waals surface area contributed by atoms with Crippen molar-refractivity contribution in [3.63, 3.8) is 0 Å². The molecule has 0 saturated heterocycles. The van der Waals surface area contributed by atoms with Gasteiger partial charge in [-0.15, -0.1) is 0 Å². The van der Waals surface area contributed by atoms with Crippen LogP contribution >= 0.6 is 15.9 Å². The van der Waals surface area contributed by atoms with Gasteiger partial charge in [-0.3, -0.25) is 0 Å². The SMILES string of the molecule is Cc1cc2cc(CCc3ccccc3Br)cnc2[nH]1. The van der Waals surface area contributed by atoms with E-state index in [1.807, 2.05) is 12.3 Å². The van der Waals surface area contributed by atoms with E-state index in [2.05, 4.69) is 63.2 Å². The van der Waals surface area contributed by atoms with Crippen LogP contribution in [0.1, 0.15) is 16.8 Å². The summed E-state index contributed by atoms with van der Waals surface area (Å²) in [7, 11) is 0. The Morgan fingerprint density at radius 1 is 1.16 bits per heavy atom. The van der Waals surface area contributed by atoms with Gasteiger partial charge >= 0.3 is 0 Å². The van der Waals surface area contributed by atoms with Crippen LogP contribution in [0.15, 0.2) is 47.1 Å². The smallest absolute Gasteiger partial charge is 0.137 e. The molecule has 2 nitrogen and oxygen atoms in total. The van der Waals surface area contributed by atoms with Gasteiger partial charge in [0, 0.05) is 21.7 Å². The molecule has 19 heavy (non-hydrogen) atoms. The number of fused-ring (bicyclic) bond motifs is 1. The van der Waals surface area contributed by atoms with E-state index >= 15 is 0 Å². The quantitative estimate of drug-likeness (QED) is 0.761. The first kappa shape index (κ1) is 12.4. The maximum absolute atomic E-state index is 4.47. The second-order valence-corrected chi connectivity index (χ2v) is 5.68. The second kappa shape index (κ2) is 5.17. The Labute approximate surface area is 121 Å². The molecule has 3 rings (SSSR count). The molecule has 0 fully saturated rings. The van der Waals surface area contributed by atoms with E-state index in [1.54, 1.807) is 0 Å². The lowest BCUT2D eigenvalue weighted by Gasteiger charge is -2.04. The van der Waals surface area contributed by atoms with Gasteiger partial charge in [0.25, 0.3) is 0 Å². The summed E-state index contributed by atoms with van der Waals surface area (Å²) in [6, 6.07) is 12.7. The summed E-state index contributed by atoms with van der Waals surface area (Å²) in [5.41, 5.74) is 4.75. The molecule has 3 heteroatoms. The normalized spacial score (nSPS) is 11.1. The molecule has 0 unspecified atom stereocenters. The van der Waals surface area contributed by atoms with Gasteiger partial charge in [-0.1, -0.05) is 34.1 Å². The van der Waals surface area contributed by atoms with Gasteiger partial charge in [0.2, 0.25) is 0 Å². The molecule has 0 bridgehead atoms. The van der Waals surface area contributed by atoms with Crippen molar-refractivity contribution >= 4 is 27.0 Å². The zero-order valence-corrected chi connectivity index (χ0v) is 12.4. The van der Waals surface area contributed by atoms with Crippen molar-refractivity contribution in [1.29, 1.82) is 0 Å². The highest BCUT2D eigenvalue weighted by Gasteiger charge is 2.03. The van der Waals surface area contributed by atoms with Gasteiger partial charge in [0.15, 0.2) is 0 Å². The number of rotatable bonds is 3. The average Bonchev–Trinajstić information content (AvgIpc) is 2.77. The van der Waals surface area contributed by atoms with Crippen molar-refractivity contribution in [2.24, 2.45) is 0 Å². The van der Waals surface area contributed by atoms with Gasteiger partial charge in [-0.05, 0) is 49.1 Å². The Bertz CT molecular complexity index is 716. The van der Waals surface area contributed by atoms with Gasteiger partial charge in [0.1, 0.15) is 5.65 Å². The van der Waals surface area contributed by atoms with Crippen LogP contribution < -0.4 is 0 Å². The molecule has 0 aliphatic rings. The predicted molar refractivity (Wildman–Crippen MR) is 82.4 cm³/mol. The summed E-state index contributed by atoms with van der Waals surface area (Å²) in [4.78, 5) is 7.72. The Kier molecular flexibility index (Phi) is 3.38. The van der Waals surface area contributed by atoms with E-state index in [0.717, 1.165) is 24.2 Å². The Balaban J connectivity index is 1.80. The monoisotopic (exact) mass is 314 g/mol. The minimum Gasteiger partial charge on any atom is -0.344 e. The Morgan fingerprint density at radius 3 is 2.84 bits per heavy atom. The molecule has 0 aliphatic carbocycles. The third-order valence-corrected chi connectivity index (χ3v) is 4.08. The molecule has 96 valence electrons. The molecule has 0 saturated carbocycles. The van der Waals surface area contributed by atoms with Crippen molar-refractivity contribution in [2.45, 2.75) is 19.8 Å². The molecular formula is C16H15BrN2. The third kappa shape index (κ3) is 2.71. The maximum atomic E-state index is 4.47. The number of nitrogens with zero attached hydrogens (tertiary/aromatic N) is 1. The molecule has 0 radical (unpaired) electrons. The first-order chi connectivity index (χ1) is 9.22. The van der Waals surface area contributed by atoms with Gasteiger partial charge in [-0.25, -0.2) is 4.98 Å². The standard InChI is InChI=1S/C16H15BrN2/c1-11-8-14-9-12(10-18-16(14)19-11)6-7-13-4-2-3-5-15(13)17/h2-5,8-10H,6-7H2,1H3,(H,18,19). The summed E-state index contributed by atoms with van der Waals surface area (Å²) in [5.74, 6) is 0. The number of pyridine rings is 1. The summed E-state index contributed by atoms with van der Waals surface area (Å²) in [5, 5.41) is 1.20. The topological polar surface area (TPSA) is 28.7 Å². The number of hydrogen-bond acceptors (Lipinski definition) is 1. The number of hydrogen-bond donors (Lipinski definition) is 1. The number of benzene rings is 1. The summed E-state index contributed by atoms with van der Waals surface area (Å²) in [6.45, 7) is 2.06. The highest BCUT2D eigenvalue weighted by molar-refractivity contribution is 9.10. The van der Waals surface area contributed by atoms with Crippen LogP contribution in [-0.2, 0) is 12.8 Å². The fourth-order valence-electron chi connectivity index (χ4n) is 2.31. The fourth-order valence-corrected chi connectivity index (χ4v) is 2.80. The predicted octanol–water partition coefficient (Wildman–Crippen LogP) is 4.42. The van der Waals surface area contributed by atoms with E-state index in [4.69, 9.17) is 0 Å². The minimum atomic E-state index is 0.974. The first-order valence-corrected chi connectivity index (χ1v) is 7.19. The molecule has 1 aromatic carbocycles. The van der Waals surface area contributed by atoms with Crippen molar-refractivity contribution in [1.82, 2.24) is 9.97 Å². The molecular weight excluding hydrogens is 300 g/mol. The van der Waals surface area contributed by atoms with Crippen LogP contribution in [0.25, 0.3) is 11.0 Å². The molecule has 0 aliphatic heterocycles. The molecule has 2 heterocycles. The zero-order chi connectivity index (χ0) is 13.2. The molecule has 2 aromatic heterocycles. The van der Waals surface area contributed by atoms with Crippen LogP contribution in [0, 0.1) is 6.92 Å². The van der Waals surface area contributed by atoms with Crippen molar-refractivity contribution in [3.05, 3.63) is 63.9 Å². The van der Waals surface area contributed by atoms with Crippen LogP contribution in [-0.4, -0.2) is 9.97 Å². The highest BCUT2D eigenvalue weighted by Crippen LogP contribution is 2.19. The van der Waals surface area contributed by atoms with Crippen molar-refractivity contribution in [2.75, 3.05) is 0 Å². The Morgan fingerprint density at radius 2 is 2.00 bits per heavy atom. The number of aromatic nitrogens is 2. The number of halogens is 1. The van der Waals surface area contributed by atoms with Crippen LogP contribution in [0.3, 0.4) is 0 Å². The number of nitrogens with one attached hydrogen (secondary N) is 1. The van der Waals surface area contributed by atoms with Crippen molar-refractivity contribution in [3.8, 4) is 0 Å². The van der Waals surface area contributed by atoms with Gasteiger partial charge in [0.05, 0.1) is 0 Å². The van der Waals surface area contributed by atoms with Crippen LogP contribution in [0.5, 0.6) is 0 Å². The van der Waals surface area contributed by atoms with Crippen molar-refractivity contribution < 1.29 is 0 Å². The number of aryl methyl sites for hydroxylation is 3. The first-order valence-electron chi connectivity index (χ1n) is 6.40. The fraction of sp³-hybridized carbons (Fsp3) is 0.188. The van der Waals surface area contributed by atoms with E-state index in [1.165, 1.54) is 21.0 Å². The highest BCUT2D eigenvalue weighted by atomic mass is 79.9. The lowest BCUT2D eigenvalue weighted by atomic mass is 10.1. The summed E-state index contributed by atoms with van der Waals surface area (Å²) < 4.78 is 1.18. The van der Waals surface area contributed by atoms with E-state index in [9.17, 15) is 0 Å². The second-order valence-electron chi connectivity index (χ2n) is 4.83. The van der Waals surface area contributed by atoms with E-state index in [0.29, 0.717) is 0 Å². The molecule has 3 aromatic rings. The zero-order valence-electron chi connectivity index (χ0n) is 10.8. The van der Waals surface area contributed by atoms with E-state index in [-0.39, 0.29) is 0 Å². The minimum absolute atomic E-state index is 0.974. The number of aromatic amines is 1. The van der Waals surface area contributed by atoms with Gasteiger partial charge < -0.3 is 4.98 Å². The van der Waals surface area contributed by atoms with Crippen LogP contribution in [0.4, 0.5) is 0 Å². The van der Waals surface area contributed by atoms with Gasteiger partial charge in [-0.2, -0.15) is 0 Å². The molecule has 0 spiro atoms. The molecule has 1 N–H and O–H groups in total. The number of H-pyrrole nitrogens is 1. The molecule has 0 amide bonds. The lowest BCUT2D eigenvalue weighted by molar-refractivity contribution is 0.949.